The molecule has 162 valence electrons. The van der Waals surface area contributed by atoms with Crippen molar-refractivity contribution in [2.24, 2.45) is 12.5 Å². The second-order valence-electron chi connectivity index (χ2n) is 8.69. The topological polar surface area (TPSA) is 93.0 Å². The second kappa shape index (κ2) is 8.83. The number of nitrogens with two attached hydrogens (primary N) is 1. The number of ether oxygens (including phenoxy) is 1. The van der Waals surface area contributed by atoms with Crippen molar-refractivity contribution in [3.63, 3.8) is 0 Å². The molecule has 3 aromatic rings. The van der Waals surface area contributed by atoms with Crippen molar-refractivity contribution in [2.45, 2.75) is 27.7 Å². The van der Waals surface area contributed by atoms with Crippen LogP contribution < -0.4 is 10.6 Å². The van der Waals surface area contributed by atoms with Gasteiger partial charge < -0.3 is 25.3 Å². The molecule has 0 radical (unpaired) electrons. The maximum absolute atomic E-state index is 7.98. The predicted octanol–water partition coefficient (Wildman–Crippen LogP) is 4.04. The highest BCUT2D eigenvalue weighted by Gasteiger charge is 2.19. The van der Waals surface area contributed by atoms with E-state index < -0.39 is 0 Å². The van der Waals surface area contributed by atoms with Gasteiger partial charge in [0.25, 0.3) is 0 Å². The van der Waals surface area contributed by atoms with Crippen molar-refractivity contribution in [2.75, 3.05) is 36.9 Å². The Morgan fingerprint density at radius 1 is 1.20 bits per heavy atom. The van der Waals surface area contributed by atoms with Crippen LogP contribution in [-0.2, 0) is 11.8 Å². The minimum Gasteiger partial charge on any atom is -0.384 e. The number of fused-ring (bicyclic) bond motifs is 1. The van der Waals surface area contributed by atoms with Gasteiger partial charge in [0.15, 0.2) is 5.65 Å². The van der Waals surface area contributed by atoms with E-state index in [4.69, 9.17) is 15.9 Å². The molecule has 30 heavy (non-hydrogen) atoms. The van der Waals surface area contributed by atoms with Crippen LogP contribution in [0, 0.1) is 17.7 Å². The fourth-order valence-corrected chi connectivity index (χ4v) is 3.38. The Morgan fingerprint density at radius 3 is 2.53 bits per heavy atom. The fourth-order valence-electron chi connectivity index (χ4n) is 3.38. The minimum atomic E-state index is -0.0617. The number of aromatic nitrogens is 3. The van der Waals surface area contributed by atoms with E-state index in [1.807, 2.05) is 29.8 Å². The molecule has 0 aliphatic carbocycles. The summed E-state index contributed by atoms with van der Waals surface area (Å²) >= 11 is 0. The molecule has 1 aromatic carbocycles. The second-order valence-corrected chi connectivity index (χ2v) is 8.69. The molecule has 0 spiro atoms. The maximum atomic E-state index is 7.98. The molecule has 7 heteroatoms. The van der Waals surface area contributed by atoms with Crippen molar-refractivity contribution >= 4 is 28.4 Å². The number of aryl methyl sites for hydroxylation is 2. The highest BCUT2D eigenvalue weighted by molar-refractivity contribution is 6.01. The van der Waals surface area contributed by atoms with E-state index >= 15 is 0 Å². The van der Waals surface area contributed by atoms with Crippen molar-refractivity contribution in [1.29, 1.82) is 5.41 Å². The first kappa shape index (κ1) is 21.8. The number of pyridine rings is 1. The third-order valence-corrected chi connectivity index (χ3v) is 5.08. The Kier molecular flexibility index (Phi) is 6.41. The van der Waals surface area contributed by atoms with Gasteiger partial charge in [-0.2, -0.15) is 0 Å². The van der Waals surface area contributed by atoms with Crippen molar-refractivity contribution in [3.8, 4) is 0 Å². The molecular formula is C23H34N6O. The summed E-state index contributed by atoms with van der Waals surface area (Å²) in [6.07, 6.45) is 1.76. The Labute approximate surface area is 179 Å². The molecule has 3 N–H and O–H groups in total. The predicted molar refractivity (Wildman–Crippen MR) is 126 cm³/mol. The smallest absolute Gasteiger partial charge is 0.164 e. The zero-order chi connectivity index (χ0) is 21.9. The molecule has 1 aliphatic rings. The highest BCUT2D eigenvalue weighted by atomic mass is 16.5. The number of morpholine rings is 1. The normalized spacial score (nSPS) is 14.4. The Hall–Kier alpha value is -2.93. The van der Waals surface area contributed by atoms with E-state index in [2.05, 4.69) is 54.7 Å². The summed E-state index contributed by atoms with van der Waals surface area (Å²) in [5.74, 6) is 0.530. The summed E-state index contributed by atoms with van der Waals surface area (Å²) in [6.45, 7) is 11.5. The first-order chi connectivity index (χ1) is 14.2. The molecule has 7 nitrogen and oxygen atoms in total. The van der Waals surface area contributed by atoms with Crippen LogP contribution in [0.25, 0.3) is 11.2 Å². The lowest BCUT2D eigenvalue weighted by Crippen LogP contribution is -2.36. The average molecular weight is 411 g/mol. The number of nitrogen functional groups attached to an aromatic ring is 1. The first-order valence-corrected chi connectivity index (χ1v) is 10.2. The Morgan fingerprint density at radius 2 is 1.90 bits per heavy atom. The molecule has 4 rings (SSSR count). The van der Waals surface area contributed by atoms with E-state index in [9.17, 15) is 0 Å². The van der Waals surface area contributed by atoms with E-state index in [1.54, 1.807) is 6.33 Å². The van der Waals surface area contributed by atoms with Gasteiger partial charge in [-0.15, -0.1) is 0 Å². The maximum Gasteiger partial charge on any atom is 0.164 e. The quantitative estimate of drug-likeness (QED) is 0.622. The SMILES string of the molecule is Cc1cccc(C(=N)C(C)(C)C)c1.Cn1cnc2c(N3CCOCC3)cc(N)nc21.[HH]. The molecule has 0 bridgehead atoms. The van der Waals surface area contributed by atoms with Crippen LogP contribution in [0.2, 0.25) is 0 Å². The van der Waals surface area contributed by atoms with E-state index in [-0.39, 0.29) is 6.84 Å². The number of benzene rings is 1. The summed E-state index contributed by atoms with van der Waals surface area (Å²) in [5.41, 5.74) is 11.5. The lowest BCUT2D eigenvalue weighted by Gasteiger charge is -2.29. The van der Waals surface area contributed by atoms with Gasteiger partial charge in [-0.25, -0.2) is 9.97 Å². The lowest BCUT2D eigenvalue weighted by atomic mass is 9.85. The van der Waals surface area contributed by atoms with E-state index in [0.717, 1.165) is 48.7 Å². The van der Waals surface area contributed by atoms with E-state index in [1.165, 1.54) is 5.56 Å². The molecular weight excluding hydrogens is 376 g/mol. The van der Waals surface area contributed by atoms with Crippen LogP contribution in [0.1, 0.15) is 33.3 Å². The minimum absolute atomic E-state index is 0. The van der Waals surface area contributed by atoms with Gasteiger partial charge in [-0.05, 0) is 12.5 Å². The van der Waals surface area contributed by atoms with Gasteiger partial charge in [0, 0.05) is 38.8 Å². The number of nitrogens with one attached hydrogen (secondary N) is 1. The van der Waals surface area contributed by atoms with Gasteiger partial charge in [0.2, 0.25) is 0 Å². The van der Waals surface area contributed by atoms with Crippen molar-refractivity contribution in [1.82, 2.24) is 14.5 Å². The molecule has 0 unspecified atom stereocenters. The Balaban J connectivity index is 0.000000222. The lowest BCUT2D eigenvalue weighted by molar-refractivity contribution is 0.123. The summed E-state index contributed by atoms with van der Waals surface area (Å²) in [6, 6.07) is 10.0. The third-order valence-electron chi connectivity index (χ3n) is 5.08. The number of rotatable bonds is 2. The molecule has 0 atom stereocenters. The number of hydrogen-bond donors (Lipinski definition) is 2. The fraction of sp³-hybridized carbons (Fsp3) is 0.435. The van der Waals surface area contributed by atoms with Crippen LogP contribution in [-0.4, -0.2) is 46.6 Å². The van der Waals surface area contributed by atoms with Crippen LogP contribution in [0.5, 0.6) is 0 Å². The number of nitrogens with zero attached hydrogens (tertiary/aromatic N) is 4. The van der Waals surface area contributed by atoms with Gasteiger partial charge in [-0.1, -0.05) is 50.6 Å². The van der Waals surface area contributed by atoms with Crippen LogP contribution in [0.4, 0.5) is 11.5 Å². The Bertz CT molecular complexity index is 1030. The van der Waals surface area contributed by atoms with Gasteiger partial charge >= 0.3 is 0 Å². The number of imidazole rings is 1. The summed E-state index contributed by atoms with van der Waals surface area (Å²) in [4.78, 5) is 11.0. The van der Waals surface area contributed by atoms with Crippen LogP contribution in [0.3, 0.4) is 0 Å². The van der Waals surface area contributed by atoms with Crippen molar-refractivity contribution in [3.05, 3.63) is 47.8 Å². The summed E-state index contributed by atoms with van der Waals surface area (Å²) in [7, 11) is 1.92. The molecule has 2 aromatic heterocycles. The van der Waals surface area contributed by atoms with Gasteiger partial charge in [-0.3, -0.25) is 0 Å². The molecule has 1 aliphatic heterocycles. The standard InChI is InChI=1S/C12H17N.C11H15N5O.H2/c1-9-6-5-7-10(8-9)11(13)12(2,3)4;1-15-7-13-10-8(6-9(12)14-11(10)15)16-2-4-17-5-3-16;/h5-8,13H,1-4H3;6-7H,2-5H2,1H3,(H2,12,14);1H. The molecule has 0 saturated carbocycles. The number of anilines is 2. The zero-order valence-electron chi connectivity index (χ0n) is 18.6. The van der Waals surface area contributed by atoms with Gasteiger partial charge in [0.1, 0.15) is 11.3 Å². The largest absolute Gasteiger partial charge is 0.384 e. The average Bonchev–Trinajstić information content (AvgIpc) is 3.08. The third kappa shape index (κ3) is 4.97. The molecule has 3 heterocycles. The van der Waals surface area contributed by atoms with E-state index in [0.29, 0.717) is 11.5 Å². The summed E-state index contributed by atoms with van der Waals surface area (Å²) in [5, 5.41) is 7.98. The van der Waals surface area contributed by atoms with Crippen LogP contribution >= 0.6 is 0 Å². The highest BCUT2D eigenvalue weighted by Crippen LogP contribution is 2.27. The molecule has 1 saturated heterocycles. The summed E-state index contributed by atoms with van der Waals surface area (Å²) < 4.78 is 7.24. The monoisotopic (exact) mass is 410 g/mol. The molecule has 1 fully saturated rings. The van der Waals surface area contributed by atoms with Crippen molar-refractivity contribution < 1.29 is 6.16 Å². The van der Waals surface area contributed by atoms with Crippen LogP contribution in [0.15, 0.2) is 36.7 Å². The molecule has 0 amide bonds. The first-order valence-electron chi connectivity index (χ1n) is 10.2. The van der Waals surface area contributed by atoms with Gasteiger partial charge in [0.05, 0.1) is 25.2 Å². The number of hydrogen-bond acceptors (Lipinski definition) is 6. The zero-order valence-corrected chi connectivity index (χ0v) is 18.6.